The molecule has 2 aliphatic heterocycles. The molecule has 6 nitrogen and oxygen atoms in total. The third-order valence-electron chi connectivity index (χ3n) is 8.56. The number of nitrogens with zero attached hydrogens (tertiary/aromatic N) is 3. The van der Waals surface area contributed by atoms with Crippen molar-refractivity contribution in [1.29, 1.82) is 0 Å². The zero-order chi connectivity index (χ0) is 25.7. The molecule has 1 aromatic heterocycles. The molecule has 3 heterocycles. The fourth-order valence-corrected chi connectivity index (χ4v) is 6.23. The van der Waals surface area contributed by atoms with Gasteiger partial charge in [-0.05, 0) is 73.9 Å². The van der Waals surface area contributed by atoms with E-state index in [0.29, 0.717) is 6.04 Å². The molecule has 1 saturated carbocycles. The van der Waals surface area contributed by atoms with Crippen molar-refractivity contribution in [3.8, 4) is 16.9 Å². The summed E-state index contributed by atoms with van der Waals surface area (Å²) in [4.78, 5) is 22.6. The summed E-state index contributed by atoms with van der Waals surface area (Å²) in [6.07, 6.45) is 8.69. The van der Waals surface area contributed by atoms with Gasteiger partial charge in [-0.2, -0.15) is 0 Å². The van der Waals surface area contributed by atoms with E-state index in [1.165, 1.54) is 36.9 Å². The minimum absolute atomic E-state index is 0.0519. The zero-order valence-corrected chi connectivity index (χ0v) is 22.1. The summed E-state index contributed by atoms with van der Waals surface area (Å²) in [7, 11) is 0. The number of rotatable bonds is 7. The maximum atomic E-state index is 12.8. The van der Waals surface area contributed by atoms with Gasteiger partial charge in [-0.25, -0.2) is 4.98 Å². The smallest absolute Gasteiger partial charge is 0.251 e. The van der Waals surface area contributed by atoms with Crippen LogP contribution in [0.5, 0.6) is 5.75 Å². The fourth-order valence-electron chi connectivity index (χ4n) is 6.23. The van der Waals surface area contributed by atoms with Crippen LogP contribution >= 0.6 is 0 Å². The Kier molecular flexibility index (Phi) is 7.59. The van der Waals surface area contributed by atoms with Crippen LogP contribution in [0.25, 0.3) is 11.1 Å². The van der Waals surface area contributed by atoms with Gasteiger partial charge in [-0.3, -0.25) is 9.69 Å². The average molecular weight is 511 g/mol. The van der Waals surface area contributed by atoms with Crippen molar-refractivity contribution in [2.24, 2.45) is 5.92 Å². The Hall–Kier alpha value is -3.38. The number of ether oxygens (including phenoxy) is 1. The number of carbonyl (C=O) groups is 1. The molecule has 0 radical (unpaired) electrons. The second kappa shape index (κ2) is 11.6. The van der Waals surface area contributed by atoms with Gasteiger partial charge < -0.3 is 15.0 Å². The highest BCUT2D eigenvalue weighted by atomic mass is 16.5. The molecule has 2 aromatic carbocycles. The Morgan fingerprint density at radius 1 is 0.895 bits per heavy atom. The number of anilines is 1. The monoisotopic (exact) mass is 510 g/mol. The predicted molar refractivity (Wildman–Crippen MR) is 152 cm³/mol. The number of fused-ring (bicyclic) bond motifs is 1. The van der Waals surface area contributed by atoms with Crippen LogP contribution in [0.15, 0.2) is 66.9 Å². The average Bonchev–Trinajstić information content (AvgIpc) is 3.47. The number of nitrogens with one attached hydrogen (secondary N) is 1. The third-order valence-corrected chi connectivity index (χ3v) is 8.56. The summed E-state index contributed by atoms with van der Waals surface area (Å²) < 4.78 is 5.73. The third kappa shape index (κ3) is 5.70. The largest absolute Gasteiger partial charge is 0.493 e. The first-order valence-corrected chi connectivity index (χ1v) is 14.3. The van der Waals surface area contributed by atoms with Gasteiger partial charge in [-0.15, -0.1) is 0 Å². The number of amides is 1. The predicted octanol–water partition coefficient (Wildman–Crippen LogP) is 5.18. The lowest BCUT2D eigenvalue weighted by Crippen LogP contribution is -2.47. The van der Waals surface area contributed by atoms with E-state index in [0.717, 1.165) is 80.7 Å². The standard InChI is InChI=1S/C32H38N4O2/c37-32(27-10-8-26(9-11-27)25-4-2-1-3-5-25)34-28-12-6-24(7-13-28)15-18-35-19-21-36(22-20-35)31-29-16-23-38-30(29)14-17-33-31/h1-5,8-11,14,17,24,28H,6-7,12-13,15-16,18-23H2,(H,34,37). The summed E-state index contributed by atoms with van der Waals surface area (Å²) in [5.74, 6) is 2.97. The molecule has 3 aliphatic rings. The first-order chi connectivity index (χ1) is 18.7. The van der Waals surface area contributed by atoms with Gasteiger partial charge in [0.1, 0.15) is 11.6 Å². The van der Waals surface area contributed by atoms with Gasteiger partial charge in [0, 0.05) is 56.0 Å². The lowest BCUT2D eigenvalue weighted by molar-refractivity contribution is 0.0919. The Morgan fingerprint density at radius 3 is 2.39 bits per heavy atom. The van der Waals surface area contributed by atoms with Crippen molar-refractivity contribution in [1.82, 2.24) is 15.2 Å². The summed E-state index contributed by atoms with van der Waals surface area (Å²) in [5, 5.41) is 3.29. The van der Waals surface area contributed by atoms with Gasteiger partial charge >= 0.3 is 0 Å². The Labute approximate surface area is 226 Å². The van der Waals surface area contributed by atoms with Crippen molar-refractivity contribution < 1.29 is 9.53 Å². The number of piperazine rings is 1. The highest BCUT2D eigenvalue weighted by Gasteiger charge is 2.26. The van der Waals surface area contributed by atoms with Gasteiger partial charge in [0.05, 0.1) is 6.61 Å². The van der Waals surface area contributed by atoms with Crippen LogP contribution in [0.1, 0.15) is 48.0 Å². The van der Waals surface area contributed by atoms with Gasteiger partial charge in [0.25, 0.3) is 5.91 Å². The number of pyridine rings is 1. The molecular formula is C32H38N4O2. The van der Waals surface area contributed by atoms with Crippen LogP contribution in [-0.4, -0.2) is 61.2 Å². The SMILES string of the molecule is O=C(NC1CCC(CCN2CCN(c3nccc4c3CCO4)CC2)CC1)c1ccc(-c2ccccc2)cc1. The van der Waals surface area contributed by atoms with Crippen LogP contribution in [-0.2, 0) is 6.42 Å². The van der Waals surface area contributed by atoms with E-state index in [2.05, 4.69) is 32.2 Å². The summed E-state index contributed by atoms with van der Waals surface area (Å²) in [5.41, 5.74) is 4.34. The number of carbonyl (C=O) groups excluding carboxylic acids is 1. The van der Waals surface area contributed by atoms with Gasteiger partial charge in [0.15, 0.2) is 0 Å². The molecule has 0 unspecified atom stereocenters. The molecule has 1 aliphatic carbocycles. The normalized spacial score (nSPS) is 21.5. The van der Waals surface area contributed by atoms with Crippen molar-refractivity contribution in [3.05, 3.63) is 78.0 Å². The molecule has 3 aromatic rings. The second-order valence-corrected chi connectivity index (χ2v) is 11.0. The molecule has 0 bridgehead atoms. The van der Waals surface area contributed by atoms with E-state index in [1.54, 1.807) is 0 Å². The highest BCUT2D eigenvalue weighted by molar-refractivity contribution is 5.94. The van der Waals surface area contributed by atoms with E-state index in [-0.39, 0.29) is 5.91 Å². The number of hydrogen-bond donors (Lipinski definition) is 1. The molecule has 6 rings (SSSR count). The lowest BCUT2D eigenvalue weighted by atomic mass is 9.84. The molecule has 0 atom stereocenters. The van der Waals surface area contributed by atoms with Gasteiger partial charge in [-0.1, -0.05) is 42.5 Å². The second-order valence-electron chi connectivity index (χ2n) is 11.0. The van der Waals surface area contributed by atoms with Crippen LogP contribution in [0.4, 0.5) is 5.82 Å². The summed E-state index contributed by atoms with van der Waals surface area (Å²) in [6.45, 7) is 6.22. The molecule has 0 spiro atoms. The number of hydrogen-bond acceptors (Lipinski definition) is 5. The van der Waals surface area contributed by atoms with E-state index in [9.17, 15) is 4.79 Å². The van der Waals surface area contributed by atoms with Crippen LogP contribution in [0, 0.1) is 5.92 Å². The van der Waals surface area contributed by atoms with Crippen LogP contribution in [0.3, 0.4) is 0 Å². The minimum Gasteiger partial charge on any atom is -0.493 e. The quantitative estimate of drug-likeness (QED) is 0.474. The molecule has 6 heteroatoms. The Balaban J connectivity index is 0.911. The summed E-state index contributed by atoms with van der Waals surface area (Å²) >= 11 is 0. The van der Waals surface area contributed by atoms with Crippen molar-refractivity contribution in [3.63, 3.8) is 0 Å². The summed E-state index contributed by atoms with van der Waals surface area (Å²) in [6, 6.07) is 20.5. The highest BCUT2D eigenvalue weighted by Crippen LogP contribution is 2.33. The molecular weight excluding hydrogens is 472 g/mol. The van der Waals surface area contributed by atoms with Gasteiger partial charge in [0.2, 0.25) is 0 Å². The Morgan fingerprint density at radius 2 is 1.63 bits per heavy atom. The number of aromatic nitrogens is 1. The Bertz CT molecular complexity index is 1210. The number of benzene rings is 2. The molecule has 38 heavy (non-hydrogen) atoms. The first kappa shape index (κ1) is 24.9. The maximum Gasteiger partial charge on any atom is 0.251 e. The van der Waals surface area contributed by atoms with Crippen molar-refractivity contribution in [2.75, 3.05) is 44.2 Å². The van der Waals surface area contributed by atoms with Crippen LogP contribution < -0.4 is 15.0 Å². The molecule has 1 saturated heterocycles. The van der Waals surface area contributed by atoms with Crippen LogP contribution in [0.2, 0.25) is 0 Å². The van der Waals surface area contributed by atoms with E-state index >= 15 is 0 Å². The van der Waals surface area contributed by atoms with E-state index < -0.39 is 0 Å². The topological polar surface area (TPSA) is 57.7 Å². The lowest BCUT2D eigenvalue weighted by Gasteiger charge is -2.37. The van der Waals surface area contributed by atoms with E-state index in [1.807, 2.05) is 54.7 Å². The molecule has 2 fully saturated rings. The first-order valence-electron chi connectivity index (χ1n) is 14.3. The van der Waals surface area contributed by atoms with Crippen molar-refractivity contribution in [2.45, 2.75) is 44.6 Å². The molecule has 198 valence electrons. The molecule has 1 N–H and O–H groups in total. The zero-order valence-electron chi connectivity index (χ0n) is 22.1. The fraction of sp³-hybridized carbons (Fsp3) is 0.438. The molecule has 1 amide bonds. The van der Waals surface area contributed by atoms with E-state index in [4.69, 9.17) is 4.74 Å². The van der Waals surface area contributed by atoms with Crippen molar-refractivity contribution >= 4 is 11.7 Å². The maximum absolute atomic E-state index is 12.8. The minimum atomic E-state index is 0.0519.